The second kappa shape index (κ2) is 5.34. The third kappa shape index (κ3) is 2.91. The number of halogens is 4. The van der Waals surface area contributed by atoms with Crippen LogP contribution in [0, 0.1) is 0 Å². The molecule has 1 fully saturated rings. The van der Waals surface area contributed by atoms with Crippen molar-refractivity contribution >= 4 is 0 Å². The predicted octanol–water partition coefficient (Wildman–Crippen LogP) is 2.22. The Kier molecular flexibility index (Phi) is 3.66. The highest BCUT2D eigenvalue weighted by Gasteiger charge is 2.44. The number of nitrogens with one attached hydrogen (secondary N) is 1. The monoisotopic (exact) mass is 306 g/mol. The maximum absolute atomic E-state index is 13.4. The molecule has 4 nitrogen and oxygen atoms in total. The highest BCUT2D eigenvalue weighted by atomic mass is 19.3. The summed E-state index contributed by atoms with van der Waals surface area (Å²) in [6, 6.07) is 2.68. The van der Waals surface area contributed by atoms with Crippen LogP contribution in [-0.4, -0.2) is 43.8 Å². The van der Waals surface area contributed by atoms with E-state index in [9.17, 15) is 17.6 Å². The summed E-state index contributed by atoms with van der Waals surface area (Å²) in [5.41, 5.74) is 0.243. The molecule has 0 saturated carbocycles. The van der Waals surface area contributed by atoms with Crippen molar-refractivity contribution in [3.63, 3.8) is 0 Å². The third-order valence-electron chi connectivity index (χ3n) is 3.55. The zero-order valence-corrected chi connectivity index (χ0v) is 11.0. The van der Waals surface area contributed by atoms with E-state index in [1.807, 2.05) is 0 Å². The van der Waals surface area contributed by atoms with Crippen LogP contribution in [0.1, 0.15) is 11.6 Å². The zero-order chi connectivity index (χ0) is 15.0. The molecule has 0 radical (unpaired) electrons. The lowest BCUT2D eigenvalue weighted by Crippen LogP contribution is -2.46. The molecular formula is C13H14F4N2O2. The molecule has 2 aliphatic rings. The van der Waals surface area contributed by atoms with Crippen LogP contribution in [0.25, 0.3) is 0 Å². The second-order valence-electron chi connectivity index (χ2n) is 4.94. The van der Waals surface area contributed by atoms with Gasteiger partial charge in [-0.05, 0) is 17.7 Å². The molecule has 0 spiro atoms. The first-order valence-electron chi connectivity index (χ1n) is 6.59. The van der Waals surface area contributed by atoms with Crippen LogP contribution in [0.2, 0.25) is 0 Å². The van der Waals surface area contributed by atoms with Crippen LogP contribution in [0.15, 0.2) is 18.2 Å². The molecular weight excluding hydrogens is 292 g/mol. The van der Waals surface area contributed by atoms with Crippen molar-refractivity contribution in [3.8, 4) is 11.5 Å². The lowest BCUT2D eigenvalue weighted by atomic mass is 10.0. The van der Waals surface area contributed by atoms with Crippen molar-refractivity contribution in [2.24, 2.45) is 0 Å². The van der Waals surface area contributed by atoms with Crippen LogP contribution in [0.4, 0.5) is 17.6 Å². The van der Waals surface area contributed by atoms with Crippen molar-refractivity contribution in [2.75, 3.05) is 26.2 Å². The summed E-state index contributed by atoms with van der Waals surface area (Å²) < 4.78 is 61.3. The fourth-order valence-corrected chi connectivity index (χ4v) is 2.63. The molecule has 0 aliphatic carbocycles. The van der Waals surface area contributed by atoms with Gasteiger partial charge in [-0.15, -0.1) is 8.78 Å². The van der Waals surface area contributed by atoms with Crippen LogP contribution in [-0.2, 0) is 0 Å². The summed E-state index contributed by atoms with van der Waals surface area (Å²) in [5, 5.41) is 3.08. The quantitative estimate of drug-likeness (QED) is 0.868. The Hall–Kier alpha value is -1.54. The smallest absolute Gasteiger partial charge is 0.395 e. The van der Waals surface area contributed by atoms with Gasteiger partial charge in [-0.1, -0.05) is 6.07 Å². The van der Waals surface area contributed by atoms with Gasteiger partial charge in [0, 0.05) is 26.2 Å². The normalized spacial score (nSPS) is 22.5. The van der Waals surface area contributed by atoms with Crippen molar-refractivity contribution in [1.29, 1.82) is 0 Å². The molecule has 0 aromatic heterocycles. The average molecular weight is 306 g/mol. The Bertz CT molecular complexity index is 521. The fraction of sp³-hybridized carbons (Fsp3) is 0.538. The number of fused-ring (bicyclic) bond motifs is 1. The highest BCUT2D eigenvalue weighted by molar-refractivity contribution is 5.46. The Balaban J connectivity index is 1.87. The minimum absolute atomic E-state index is 0.142. The Morgan fingerprint density at radius 1 is 1.10 bits per heavy atom. The maximum Gasteiger partial charge on any atom is 0.586 e. The molecule has 1 N–H and O–H groups in total. The first-order chi connectivity index (χ1) is 9.96. The largest absolute Gasteiger partial charge is 0.586 e. The van der Waals surface area contributed by atoms with Crippen LogP contribution < -0.4 is 14.8 Å². The molecule has 2 heterocycles. The molecule has 3 rings (SSSR count). The van der Waals surface area contributed by atoms with Gasteiger partial charge in [0.15, 0.2) is 11.5 Å². The Morgan fingerprint density at radius 3 is 2.43 bits per heavy atom. The third-order valence-corrected chi connectivity index (χ3v) is 3.55. The van der Waals surface area contributed by atoms with Crippen molar-refractivity contribution in [2.45, 2.75) is 18.8 Å². The summed E-state index contributed by atoms with van der Waals surface area (Å²) in [7, 11) is 0. The number of alkyl halides is 4. The molecule has 1 saturated heterocycles. The van der Waals surface area contributed by atoms with E-state index in [2.05, 4.69) is 14.8 Å². The van der Waals surface area contributed by atoms with E-state index in [4.69, 9.17) is 0 Å². The van der Waals surface area contributed by atoms with Gasteiger partial charge in [0.1, 0.15) is 0 Å². The van der Waals surface area contributed by atoms with Crippen molar-refractivity contribution in [1.82, 2.24) is 10.2 Å². The summed E-state index contributed by atoms with van der Waals surface area (Å²) in [4.78, 5) is 1.64. The number of benzene rings is 1. The summed E-state index contributed by atoms with van der Waals surface area (Å²) in [6.07, 6.45) is -6.36. The van der Waals surface area contributed by atoms with E-state index in [1.165, 1.54) is 18.2 Å². The first kappa shape index (κ1) is 14.4. The zero-order valence-electron chi connectivity index (χ0n) is 11.0. The number of nitrogens with zero attached hydrogens (tertiary/aromatic N) is 1. The number of hydrogen-bond acceptors (Lipinski definition) is 4. The predicted molar refractivity (Wildman–Crippen MR) is 65.8 cm³/mol. The summed E-state index contributed by atoms with van der Waals surface area (Å²) >= 11 is 0. The average Bonchev–Trinajstić information content (AvgIpc) is 2.73. The second-order valence-corrected chi connectivity index (χ2v) is 4.94. The van der Waals surface area contributed by atoms with Gasteiger partial charge in [0.2, 0.25) is 0 Å². The molecule has 8 heteroatoms. The van der Waals surface area contributed by atoms with Gasteiger partial charge in [0.25, 0.3) is 6.43 Å². The van der Waals surface area contributed by atoms with E-state index < -0.39 is 18.8 Å². The van der Waals surface area contributed by atoms with E-state index in [0.717, 1.165) is 0 Å². The van der Waals surface area contributed by atoms with Crippen molar-refractivity contribution in [3.05, 3.63) is 23.8 Å². The fourth-order valence-electron chi connectivity index (χ4n) is 2.63. The van der Waals surface area contributed by atoms with Crippen LogP contribution in [0.5, 0.6) is 11.5 Å². The van der Waals surface area contributed by atoms with Gasteiger partial charge < -0.3 is 14.8 Å². The lowest BCUT2D eigenvalue weighted by molar-refractivity contribution is -0.286. The van der Waals surface area contributed by atoms with Crippen LogP contribution >= 0.6 is 0 Å². The molecule has 1 aromatic rings. The van der Waals surface area contributed by atoms with Gasteiger partial charge in [-0.25, -0.2) is 8.78 Å². The number of piperazine rings is 1. The minimum Gasteiger partial charge on any atom is -0.395 e. The van der Waals surface area contributed by atoms with E-state index in [-0.39, 0.29) is 17.1 Å². The lowest BCUT2D eigenvalue weighted by Gasteiger charge is -2.34. The van der Waals surface area contributed by atoms with Gasteiger partial charge >= 0.3 is 6.29 Å². The molecule has 2 aliphatic heterocycles. The number of ether oxygens (including phenoxy) is 2. The molecule has 1 atom stereocenters. The maximum atomic E-state index is 13.4. The Morgan fingerprint density at radius 2 is 1.76 bits per heavy atom. The van der Waals surface area contributed by atoms with Gasteiger partial charge in [-0.2, -0.15) is 0 Å². The van der Waals surface area contributed by atoms with E-state index in [0.29, 0.717) is 26.2 Å². The number of rotatable bonds is 3. The van der Waals surface area contributed by atoms with E-state index in [1.54, 1.807) is 4.90 Å². The molecule has 21 heavy (non-hydrogen) atoms. The SMILES string of the molecule is FC(F)[C@@H](c1ccc2c(c1)OC(F)(F)O2)N1CCNCC1. The molecule has 0 amide bonds. The number of hydrogen-bond donors (Lipinski definition) is 1. The molecule has 1 aromatic carbocycles. The highest BCUT2D eigenvalue weighted by Crippen LogP contribution is 2.43. The molecule has 0 bridgehead atoms. The standard InChI is InChI=1S/C13H14F4N2O2/c14-12(15)11(19-5-3-18-4-6-19)8-1-2-9-10(7-8)21-13(16,17)20-9/h1-2,7,11-12,18H,3-6H2/t11-/m1/s1. The van der Waals surface area contributed by atoms with Gasteiger partial charge in [-0.3, -0.25) is 4.90 Å². The minimum atomic E-state index is -3.74. The first-order valence-corrected chi connectivity index (χ1v) is 6.59. The Labute approximate surface area is 118 Å². The van der Waals surface area contributed by atoms with Gasteiger partial charge in [0.05, 0.1) is 6.04 Å². The summed E-state index contributed by atoms with van der Waals surface area (Å²) in [6.45, 7) is 2.18. The molecule has 0 unspecified atom stereocenters. The van der Waals surface area contributed by atoms with E-state index >= 15 is 0 Å². The van der Waals surface area contributed by atoms with Crippen molar-refractivity contribution < 1.29 is 27.0 Å². The summed E-state index contributed by atoms with van der Waals surface area (Å²) in [5.74, 6) is -0.352. The van der Waals surface area contributed by atoms with Crippen LogP contribution in [0.3, 0.4) is 0 Å². The topological polar surface area (TPSA) is 33.7 Å². The molecule has 116 valence electrons.